The zero-order valence-corrected chi connectivity index (χ0v) is 12.1. The first kappa shape index (κ1) is 15.5. The summed E-state index contributed by atoms with van der Waals surface area (Å²) < 4.78 is 19.9. The Morgan fingerprint density at radius 1 is 1.23 bits per heavy atom. The van der Waals surface area contributed by atoms with Crippen LogP contribution in [-0.2, 0) is 9.47 Å². The maximum atomic E-state index is 12.0. The molecule has 1 aromatic rings. The lowest BCUT2D eigenvalue weighted by atomic mass is 10.2. The summed E-state index contributed by atoms with van der Waals surface area (Å²) in [4.78, 5) is 23.5. The van der Waals surface area contributed by atoms with Gasteiger partial charge in [-0.1, -0.05) is 0 Å². The lowest BCUT2D eigenvalue weighted by molar-refractivity contribution is 0.138. The molecule has 2 amide bonds. The van der Waals surface area contributed by atoms with E-state index in [0.717, 1.165) is 5.01 Å². The average Bonchev–Trinajstić information content (AvgIpc) is 2.91. The van der Waals surface area contributed by atoms with Crippen molar-refractivity contribution < 1.29 is 33.6 Å². The average molecular weight is 312 g/mol. The van der Waals surface area contributed by atoms with Gasteiger partial charge in [-0.05, 0) is 13.8 Å². The molecule has 0 radical (unpaired) electrons. The quantitative estimate of drug-likeness (QED) is 0.819. The molecule has 22 heavy (non-hydrogen) atoms. The summed E-state index contributed by atoms with van der Waals surface area (Å²) in [7, 11) is 0. The number of hydrazine groups is 1. The van der Waals surface area contributed by atoms with Gasteiger partial charge >= 0.3 is 12.2 Å². The number of fused-ring (bicyclic) bond motifs is 1. The largest absolute Gasteiger partial charge is 0.506 e. The summed E-state index contributed by atoms with van der Waals surface area (Å²) in [5.74, 6) is 0.364. The van der Waals surface area contributed by atoms with Crippen LogP contribution in [0.1, 0.15) is 13.8 Å². The summed E-state index contributed by atoms with van der Waals surface area (Å²) in [6.45, 7) is 3.44. The molecule has 2 rings (SSSR count). The molecule has 0 unspecified atom stereocenters. The van der Waals surface area contributed by atoms with Crippen LogP contribution in [0, 0.1) is 0 Å². The number of rotatable bonds is 3. The SMILES string of the molecule is CCOC(=O)NN(C(=O)OCC)c1cc2c(cc1O)OCO2. The van der Waals surface area contributed by atoms with Crippen molar-refractivity contribution in [2.75, 3.05) is 25.0 Å². The summed E-state index contributed by atoms with van der Waals surface area (Å²) in [5, 5.41) is 10.8. The van der Waals surface area contributed by atoms with Gasteiger partial charge in [0.15, 0.2) is 11.5 Å². The number of anilines is 1. The predicted molar refractivity (Wildman–Crippen MR) is 73.9 cm³/mol. The van der Waals surface area contributed by atoms with Crippen LogP contribution in [0.25, 0.3) is 0 Å². The van der Waals surface area contributed by atoms with Crippen LogP contribution in [0.4, 0.5) is 15.3 Å². The highest BCUT2D eigenvalue weighted by Gasteiger charge is 2.27. The Kier molecular flexibility index (Phi) is 4.77. The number of amides is 2. The molecule has 1 aliphatic rings. The van der Waals surface area contributed by atoms with Crippen molar-refractivity contribution in [2.24, 2.45) is 0 Å². The highest BCUT2D eigenvalue weighted by Crippen LogP contribution is 2.41. The highest BCUT2D eigenvalue weighted by atomic mass is 16.7. The number of phenolic OH excluding ortho intramolecular Hbond substituents is 1. The van der Waals surface area contributed by atoms with Crippen molar-refractivity contribution in [3.05, 3.63) is 12.1 Å². The number of hydrogen-bond acceptors (Lipinski definition) is 7. The van der Waals surface area contributed by atoms with Crippen molar-refractivity contribution in [3.8, 4) is 17.2 Å². The number of nitrogens with one attached hydrogen (secondary N) is 1. The number of carbonyl (C=O) groups is 2. The second kappa shape index (κ2) is 6.74. The van der Waals surface area contributed by atoms with E-state index in [2.05, 4.69) is 5.43 Å². The van der Waals surface area contributed by atoms with E-state index in [1.54, 1.807) is 13.8 Å². The predicted octanol–water partition coefficient (Wildman–Crippen LogP) is 1.74. The Hall–Kier alpha value is -2.84. The fraction of sp³-hybridized carbons (Fsp3) is 0.385. The molecule has 0 saturated heterocycles. The molecule has 0 spiro atoms. The summed E-state index contributed by atoms with van der Waals surface area (Å²) in [6, 6.07) is 2.62. The van der Waals surface area contributed by atoms with E-state index in [4.69, 9.17) is 18.9 Å². The van der Waals surface area contributed by atoms with E-state index >= 15 is 0 Å². The van der Waals surface area contributed by atoms with Gasteiger partial charge in [-0.25, -0.2) is 15.0 Å². The van der Waals surface area contributed by atoms with E-state index in [9.17, 15) is 14.7 Å². The topological polar surface area (TPSA) is 107 Å². The van der Waals surface area contributed by atoms with Crippen LogP contribution in [0.2, 0.25) is 0 Å². The number of benzene rings is 1. The second-order valence-electron chi connectivity index (χ2n) is 4.06. The fourth-order valence-electron chi connectivity index (χ4n) is 1.75. The number of phenols is 1. The molecule has 0 aliphatic carbocycles. The van der Waals surface area contributed by atoms with Crippen molar-refractivity contribution in [1.82, 2.24) is 5.43 Å². The van der Waals surface area contributed by atoms with Gasteiger partial charge in [0, 0.05) is 12.1 Å². The second-order valence-corrected chi connectivity index (χ2v) is 4.06. The first-order valence-electron chi connectivity index (χ1n) is 6.59. The smallest absolute Gasteiger partial charge is 0.433 e. The van der Waals surface area contributed by atoms with Crippen LogP contribution in [0.3, 0.4) is 0 Å². The van der Waals surface area contributed by atoms with Gasteiger partial charge in [0.05, 0.1) is 13.2 Å². The Bertz CT molecular complexity index is 576. The van der Waals surface area contributed by atoms with E-state index in [-0.39, 0.29) is 31.4 Å². The van der Waals surface area contributed by atoms with Gasteiger partial charge in [0.1, 0.15) is 11.4 Å². The lowest BCUT2D eigenvalue weighted by Gasteiger charge is -2.22. The molecule has 0 fully saturated rings. The monoisotopic (exact) mass is 312 g/mol. The van der Waals surface area contributed by atoms with Crippen molar-refractivity contribution >= 4 is 17.9 Å². The molecule has 0 bridgehead atoms. The first-order valence-corrected chi connectivity index (χ1v) is 6.59. The Labute approximate surface area is 126 Å². The van der Waals surface area contributed by atoms with Crippen LogP contribution in [0.5, 0.6) is 17.2 Å². The highest BCUT2D eigenvalue weighted by molar-refractivity contribution is 5.92. The number of carbonyl (C=O) groups excluding carboxylic acids is 2. The lowest BCUT2D eigenvalue weighted by Crippen LogP contribution is -2.47. The van der Waals surface area contributed by atoms with E-state index in [1.165, 1.54) is 12.1 Å². The number of ether oxygens (including phenoxy) is 4. The van der Waals surface area contributed by atoms with Crippen molar-refractivity contribution in [1.29, 1.82) is 0 Å². The van der Waals surface area contributed by atoms with E-state index in [1.807, 2.05) is 0 Å². The molecule has 1 heterocycles. The molecule has 9 heteroatoms. The third kappa shape index (κ3) is 3.25. The molecule has 2 N–H and O–H groups in total. The van der Waals surface area contributed by atoms with Crippen LogP contribution < -0.4 is 19.9 Å². The van der Waals surface area contributed by atoms with Gasteiger partial charge in [-0.15, -0.1) is 0 Å². The maximum absolute atomic E-state index is 12.0. The van der Waals surface area contributed by atoms with Crippen LogP contribution in [0.15, 0.2) is 12.1 Å². The van der Waals surface area contributed by atoms with Gasteiger partial charge in [-0.2, -0.15) is 5.01 Å². The standard InChI is InChI=1S/C13H16N2O7/c1-3-19-12(17)14-15(13(18)20-4-2)8-5-10-11(6-9(8)16)22-7-21-10/h5-6,16H,3-4,7H2,1-2H3,(H,14,17). The third-order valence-electron chi connectivity index (χ3n) is 2.64. The van der Waals surface area contributed by atoms with E-state index in [0.29, 0.717) is 11.5 Å². The molecule has 9 nitrogen and oxygen atoms in total. The van der Waals surface area contributed by atoms with E-state index < -0.39 is 12.2 Å². The molecule has 0 saturated carbocycles. The molecule has 120 valence electrons. The molecular weight excluding hydrogens is 296 g/mol. The van der Waals surface area contributed by atoms with Crippen molar-refractivity contribution in [3.63, 3.8) is 0 Å². The zero-order valence-electron chi connectivity index (χ0n) is 12.1. The van der Waals surface area contributed by atoms with Gasteiger partial charge in [0.25, 0.3) is 0 Å². The molecule has 0 atom stereocenters. The van der Waals surface area contributed by atoms with Crippen LogP contribution in [-0.4, -0.2) is 37.3 Å². The first-order chi connectivity index (χ1) is 10.6. The number of hydrogen-bond donors (Lipinski definition) is 2. The van der Waals surface area contributed by atoms with Crippen molar-refractivity contribution in [2.45, 2.75) is 13.8 Å². The summed E-state index contributed by atoms with van der Waals surface area (Å²) in [6.07, 6.45) is -1.75. The molecule has 1 aromatic carbocycles. The Morgan fingerprint density at radius 2 is 1.86 bits per heavy atom. The molecular formula is C13H16N2O7. The normalized spacial score (nSPS) is 11.7. The third-order valence-corrected chi connectivity index (χ3v) is 2.64. The van der Waals surface area contributed by atoms with Gasteiger partial charge in [0.2, 0.25) is 6.79 Å². The van der Waals surface area contributed by atoms with Gasteiger partial charge in [-0.3, -0.25) is 0 Å². The summed E-state index contributed by atoms with van der Waals surface area (Å²) >= 11 is 0. The minimum Gasteiger partial charge on any atom is -0.506 e. The minimum atomic E-state index is -0.885. The maximum Gasteiger partial charge on any atom is 0.433 e. The molecule has 0 aromatic heterocycles. The zero-order chi connectivity index (χ0) is 16.1. The minimum absolute atomic E-state index is 0.00291. The summed E-state index contributed by atoms with van der Waals surface area (Å²) in [5.41, 5.74) is 2.16. The van der Waals surface area contributed by atoms with Gasteiger partial charge < -0.3 is 24.1 Å². The van der Waals surface area contributed by atoms with Crippen LogP contribution >= 0.6 is 0 Å². The number of aromatic hydroxyl groups is 1. The Balaban J connectivity index is 2.31. The molecule has 1 aliphatic heterocycles. The fourth-order valence-corrected chi connectivity index (χ4v) is 1.75. The number of nitrogens with zero attached hydrogens (tertiary/aromatic N) is 1. The Morgan fingerprint density at radius 3 is 2.50 bits per heavy atom.